The first-order chi connectivity index (χ1) is 12.8. The molecule has 0 atom stereocenters. The molecule has 0 saturated carbocycles. The Bertz CT molecular complexity index is 844. The van der Waals surface area contributed by atoms with Crippen LogP contribution in [0.5, 0.6) is 5.75 Å². The van der Waals surface area contributed by atoms with Gasteiger partial charge in [0.25, 0.3) is 5.91 Å². The Morgan fingerprint density at radius 3 is 2.56 bits per heavy atom. The van der Waals surface area contributed by atoms with Gasteiger partial charge in [-0.3, -0.25) is 9.59 Å². The lowest BCUT2D eigenvalue weighted by Gasteiger charge is -2.29. The Morgan fingerprint density at radius 2 is 1.89 bits per heavy atom. The van der Waals surface area contributed by atoms with E-state index in [2.05, 4.69) is 19.2 Å². The number of nitrogens with one attached hydrogen (secondary N) is 1. The normalized spacial score (nSPS) is 15.7. The Morgan fingerprint density at radius 1 is 1.19 bits per heavy atom. The van der Waals surface area contributed by atoms with Crippen LogP contribution in [0.4, 0.5) is 11.4 Å². The van der Waals surface area contributed by atoms with Crippen LogP contribution in [0.2, 0.25) is 0 Å². The molecule has 2 aromatic rings. The lowest BCUT2D eigenvalue weighted by atomic mass is 9.92. The first-order valence-corrected chi connectivity index (χ1v) is 9.23. The Labute approximate surface area is 160 Å². The van der Waals surface area contributed by atoms with Crippen molar-refractivity contribution < 1.29 is 14.3 Å². The van der Waals surface area contributed by atoms with E-state index in [1.807, 2.05) is 44.2 Å². The van der Waals surface area contributed by atoms with Crippen molar-refractivity contribution in [2.24, 2.45) is 11.3 Å². The maximum atomic E-state index is 13.0. The van der Waals surface area contributed by atoms with E-state index in [9.17, 15) is 9.59 Å². The molecule has 0 aliphatic carbocycles. The maximum Gasteiger partial charge on any atom is 0.255 e. The largest absolute Gasteiger partial charge is 0.490 e. The second-order valence-electron chi connectivity index (χ2n) is 7.98. The van der Waals surface area contributed by atoms with Crippen LogP contribution in [0.1, 0.15) is 38.1 Å². The average molecular weight is 366 g/mol. The van der Waals surface area contributed by atoms with Gasteiger partial charge in [0.1, 0.15) is 12.4 Å². The van der Waals surface area contributed by atoms with Crippen molar-refractivity contribution in [1.82, 2.24) is 0 Å². The van der Waals surface area contributed by atoms with Crippen LogP contribution in [-0.4, -0.2) is 25.0 Å². The molecule has 2 aromatic carbocycles. The summed E-state index contributed by atoms with van der Waals surface area (Å²) in [6, 6.07) is 14.5. The molecule has 0 bridgehead atoms. The molecule has 0 unspecified atom stereocenters. The van der Waals surface area contributed by atoms with E-state index in [4.69, 9.17) is 4.74 Å². The Balaban J connectivity index is 1.90. The fourth-order valence-corrected chi connectivity index (χ4v) is 3.06. The molecule has 2 amide bonds. The summed E-state index contributed by atoms with van der Waals surface area (Å²) >= 11 is 0. The molecular formula is C22H26N2O3. The highest BCUT2D eigenvalue weighted by molar-refractivity contribution is 6.05. The molecule has 142 valence electrons. The molecule has 0 spiro atoms. The fourth-order valence-electron chi connectivity index (χ4n) is 3.06. The van der Waals surface area contributed by atoms with Gasteiger partial charge >= 0.3 is 0 Å². The zero-order chi connectivity index (χ0) is 19.6. The smallest absolute Gasteiger partial charge is 0.255 e. The monoisotopic (exact) mass is 366 g/mol. The third kappa shape index (κ3) is 4.13. The molecule has 0 radical (unpaired) electrons. The fraction of sp³-hybridized carbons (Fsp3) is 0.364. The first kappa shape index (κ1) is 19.0. The lowest BCUT2D eigenvalue weighted by Crippen LogP contribution is -2.43. The van der Waals surface area contributed by atoms with E-state index < -0.39 is 5.41 Å². The van der Waals surface area contributed by atoms with Crippen molar-refractivity contribution in [1.29, 1.82) is 0 Å². The van der Waals surface area contributed by atoms with Crippen LogP contribution in [0.25, 0.3) is 0 Å². The summed E-state index contributed by atoms with van der Waals surface area (Å²) in [6.45, 7) is 8.87. The number of amides is 2. The summed E-state index contributed by atoms with van der Waals surface area (Å²) in [6.07, 6.45) is 0. The molecule has 0 fully saturated rings. The zero-order valence-electron chi connectivity index (χ0n) is 16.3. The van der Waals surface area contributed by atoms with Crippen molar-refractivity contribution >= 4 is 23.2 Å². The highest BCUT2D eigenvalue weighted by Gasteiger charge is 2.38. The predicted molar refractivity (Wildman–Crippen MR) is 107 cm³/mol. The molecule has 1 heterocycles. The number of anilines is 2. The number of hydrogen-bond donors (Lipinski definition) is 1. The molecule has 1 aliphatic rings. The summed E-state index contributed by atoms with van der Waals surface area (Å²) in [5.74, 6) is 0.809. The van der Waals surface area contributed by atoms with E-state index in [0.29, 0.717) is 36.1 Å². The number of rotatable bonds is 4. The molecule has 5 nitrogen and oxygen atoms in total. The van der Waals surface area contributed by atoms with Crippen molar-refractivity contribution in [3.8, 4) is 5.75 Å². The van der Waals surface area contributed by atoms with Crippen molar-refractivity contribution in [3.63, 3.8) is 0 Å². The van der Waals surface area contributed by atoms with Crippen LogP contribution >= 0.6 is 0 Å². The van der Waals surface area contributed by atoms with Gasteiger partial charge in [0.2, 0.25) is 5.91 Å². The average Bonchev–Trinajstić information content (AvgIpc) is 2.72. The van der Waals surface area contributed by atoms with E-state index >= 15 is 0 Å². The van der Waals surface area contributed by atoms with E-state index in [1.54, 1.807) is 23.1 Å². The van der Waals surface area contributed by atoms with Gasteiger partial charge in [0.05, 0.1) is 11.1 Å². The van der Waals surface area contributed by atoms with Crippen molar-refractivity contribution in [2.45, 2.75) is 27.7 Å². The minimum absolute atomic E-state index is 0.0519. The minimum Gasteiger partial charge on any atom is -0.490 e. The van der Waals surface area contributed by atoms with E-state index in [0.717, 1.165) is 5.69 Å². The maximum absolute atomic E-state index is 13.0. The Kier molecular flexibility index (Phi) is 5.22. The van der Waals surface area contributed by atoms with Crippen LogP contribution in [0.3, 0.4) is 0 Å². The number of ether oxygens (including phenoxy) is 1. The summed E-state index contributed by atoms with van der Waals surface area (Å²) in [5, 5.41) is 2.89. The van der Waals surface area contributed by atoms with Gasteiger partial charge < -0.3 is 15.0 Å². The Hall–Kier alpha value is -2.82. The van der Waals surface area contributed by atoms with Crippen LogP contribution < -0.4 is 15.0 Å². The van der Waals surface area contributed by atoms with Gasteiger partial charge in [0, 0.05) is 23.9 Å². The van der Waals surface area contributed by atoms with Gasteiger partial charge in [-0.15, -0.1) is 0 Å². The standard InChI is InChI=1S/C22H26N2O3/c1-15(2)13-24-18-11-10-17(23-20(25)16-8-6-5-7-9-16)12-19(18)27-14-22(3,4)21(24)26/h5-12,15H,13-14H2,1-4H3,(H,23,25). The predicted octanol–water partition coefficient (Wildman–Crippen LogP) is 4.35. The number of carbonyl (C=O) groups is 2. The van der Waals surface area contributed by atoms with Gasteiger partial charge in [-0.1, -0.05) is 32.0 Å². The van der Waals surface area contributed by atoms with E-state index in [1.165, 1.54) is 0 Å². The zero-order valence-corrected chi connectivity index (χ0v) is 16.3. The second-order valence-corrected chi connectivity index (χ2v) is 7.98. The topological polar surface area (TPSA) is 58.6 Å². The van der Waals surface area contributed by atoms with Crippen LogP contribution in [0, 0.1) is 11.3 Å². The molecule has 3 rings (SSSR count). The molecule has 0 saturated heterocycles. The number of hydrogen-bond acceptors (Lipinski definition) is 3. The van der Waals surface area contributed by atoms with Gasteiger partial charge in [-0.25, -0.2) is 0 Å². The summed E-state index contributed by atoms with van der Waals surface area (Å²) in [4.78, 5) is 27.2. The third-order valence-corrected chi connectivity index (χ3v) is 4.50. The minimum atomic E-state index is -0.610. The first-order valence-electron chi connectivity index (χ1n) is 9.23. The van der Waals surface area contributed by atoms with Crippen LogP contribution in [-0.2, 0) is 4.79 Å². The molecular weight excluding hydrogens is 340 g/mol. The summed E-state index contributed by atoms with van der Waals surface area (Å²) < 4.78 is 5.96. The molecule has 1 N–H and O–H groups in total. The van der Waals surface area contributed by atoms with Gasteiger partial charge in [-0.2, -0.15) is 0 Å². The molecule has 0 aromatic heterocycles. The molecule has 27 heavy (non-hydrogen) atoms. The number of fused-ring (bicyclic) bond motifs is 1. The number of carbonyl (C=O) groups excluding carboxylic acids is 2. The van der Waals surface area contributed by atoms with Gasteiger partial charge in [0.15, 0.2) is 0 Å². The van der Waals surface area contributed by atoms with Crippen molar-refractivity contribution in [2.75, 3.05) is 23.4 Å². The van der Waals surface area contributed by atoms with E-state index in [-0.39, 0.29) is 11.8 Å². The SMILES string of the molecule is CC(C)CN1C(=O)C(C)(C)COc2cc(NC(=O)c3ccccc3)ccc21. The highest BCUT2D eigenvalue weighted by Crippen LogP contribution is 2.38. The highest BCUT2D eigenvalue weighted by atomic mass is 16.5. The third-order valence-electron chi connectivity index (χ3n) is 4.50. The van der Waals surface area contributed by atoms with Gasteiger partial charge in [-0.05, 0) is 44.0 Å². The lowest BCUT2D eigenvalue weighted by molar-refractivity contribution is -0.127. The van der Waals surface area contributed by atoms with Crippen molar-refractivity contribution in [3.05, 3.63) is 54.1 Å². The molecule has 5 heteroatoms. The summed E-state index contributed by atoms with van der Waals surface area (Å²) in [7, 11) is 0. The molecule has 1 aliphatic heterocycles. The second kappa shape index (κ2) is 7.43. The quantitative estimate of drug-likeness (QED) is 0.875. The van der Waals surface area contributed by atoms with Crippen LogP contribution in [0.15, 0.2) is 48.5 Å². The number of benzene rings is 2. The number of nitrogens with zero attached hydrogens (tertiary/aromatic N) is 1. The summed E-state index contributed by atoms with van der Waals surface area (Å²) in [5.41, 5.74) is 1.36.